The van der Waals surface area contributed by atoms with Gasteiger partial charge in [-0.3, -0.25) is 9.59 Å². The molecule has 0 bridgehead atoms. The van der Waals surface area contributed by atoms with Crippen LogP contribution >= 0.6 is 0 Å². The van der Waals surface area contributed by atoms with Gasteiger partial charge in [-0.25, -0.2) is 9.97 Å². The highest BCUT2D eigenvalue weighted by atomic mass is 16.5. The molecule has 0 atom stereocenters. The summed E-state index contributed by atoms with van der Waals surface area (Å²) in [4.78, 5) is 30.2. The Morgan fingerprint density at radius 3 is 1.57 bits per heavy atom. The van der Waals surface area contributed by atoms with Gasteiger partial charge in [0.15, 0.2) is 11.6 Å². The summed E-state index contributed by atoms with van der Waals surface area (Å²) in [6, 6.07) is 15.8. The van der Waals surface area contributed by atoms with Crippen molar-refractivity contribution in [1.82, 2.24) is 19.1 Å². The fourth-order valence-corrected chi connectivity index (χ4v) is 4.32. The summed E-state index contributed by atoms with van der Waals surface area (Å²) in [5.74, 6) is 0.624. The fourth-order valence-electron chi connectivity index (χ4n) is 4.32. The first-order chi connectivity index (χ1) is 20.1. The maximum Gasteiger partial charge on any atom is 0.163 e. The third kappa shape index (κ3) is 12.7. The summed E-state index contributed by atoms with van der Waals surface area (Å²) in [5.41, 5.74) is 4.34. The van der Waals surface area contributed by atoms with Crippen molar-refractivity contribution in [1.29, 1.82) is 0 Å². The van der Waals surface area contributed by atoms with Crippen LogP contribution in [0.15, 0.2) is 86.0 Å². The van der Waals surface area contributed by atoms with Crippen molar-refractivity contribution in [2.24, 2.45) is 0 Å². The molecule has 0 radical (unpaired) electrons. The minimum atomic E-state index is 0. The molecule has 228 valence electrons. The third-order valence-corrected chi connectivity index (χ3v) is 6.37. The average molecular weight is 579 g/mol. The van der Waals surface area contributed by atoms with Gasteiger partial charge >= 0.3 is 0 Å². The van der Waals surface area contributed by atoms with Gasteiger partial charge in [0, 0.05) is 76.1 Å². The summed E-state index contributed by atoms with van der Waals surface area (Å²) in [5, 5.41) is 15.4. The second-order valence-electron chi connectivity index (χ2n) is 9.19. The molecule has 9 nitrogen and oxygen atoms in total. The summed E-state index contributed by atoms with van der Waals surface area (Å²) < 4.78 is 8.66. The number of Topliss-reactive ketones (excluding diaryl/α,β-unsaturated/α-hetero) is 2. The molecular weight excluding hydrogens is 532 g/mol. The normalized spacial score (nSPS) is 12.6. The second kappa shape index (κ2) is 21.8. The van der Waals surface area contributed by atoms with E-state index in [4.69, 9.17) is 14.9 Å². The summed E-state index contributed by atoms with van der Waals surface area (Å²) >= 11 is 0. The molecule has 2 aliphatic carbocycles. The van der Waals surface area contributed by atoms with Gasteiger partial charge < -0.3 is 24.1 Å². The number of ether oxygens (including phenoxy) is 1. The maximum absolute atomic E-state index is 11.3. The first-order valence-corrected chi connectivity index (χ1v) is 13.8. The second-order valence-corrected chi connectivity index (χ2v) is 9.19. The molecule has 4 aromatic rings. The zero-order valence-electron chi connectivity index (χ0n) is 24.1. The number of nitrogens with zero attached hydrogens (tertiary/aromatic N) is 4. The number of methoxy groups -OCH3 is 1. The van der Waals surface area contributed by atoms with Gasteiger partial charge in [0.25, 0.3) is 0 Å². The van der Waals surface area contributed by atoms with Gasteiger partial charge in [0.05, 0.1) is 25.9 Å². The molecule has 2 aliphatic rings. The molecule has 0 unspecified atom stereocenters. The van der Waals surface area contributed by atoms with Crippen LogP contribution in [-0.4, -0.2) is 68.3 Å². The van der Waals surface area contributed by atoms with Gasteiger partial charge in [-0.05, 0) is 36.8 Å². The van der Waals surface area contributed by atoms with E-state index in [1.807, 2.05) is 70.1 Å². The van der Waals surface area contributed by atoms with Crippen molar-refractivity contribution in [3.05, 3.63) is 108 Å². The zero-order valence-corrected chi connectivity index (χ0v) is 24.1. The number of aryl methyl sites for hydroxylation is 2. The molecule has 0 saturated heterocycles. The van der Waals surface area contributed by atoms with Crippen molar-refractivity contribution in [3.63, 3.8) is 0 Å². The van der Waals surface area contributed by atoms with Crippen LogP contribution in [0, 0.1) is 0 Å². The van der Waals surface area contributed by atoms with E-state index in [0.717, 1.165) is 69.9 Å². The highest BCUT2D eigenvalue weighted by Crippen LogP contribution is 2.20. The van der Waals surface area contributed by atoms with E-state index in [-0.39, 0.29) is 14.0 Å². The van der Waals surface area contributed by atoms with Crippen LogP contribution in [-0.2, 0) is 30.7 Å². The van der Waals surface area contributed by atoms with Crippen LogP contribution in [0.2, 0.25) is 0 Å². The molecule has 2 heterocycles. The molecule has 9 heteroatoms. The maximum atomic E-state index is 11.3. The predicted molar refractivity (Wildman–Crippen MR) is 166 cm³/mol. The minimum Gasteiger partial charge on any atom is -0.400 e. The van der Waals surface area contributed by atoms with Crippen LogP contribution in [0.4, 0.5) is 0 Å². The van der Waals surface area contributed by atoms with E-state index in [9.17, 15) is 9.59 Å². The number of rotatable bonds is 5. The van der Waals surface area contributed by atoms with Crippen molar-refractivity contribution < 1.29 is 24.5 Å². The van der Waals surface area contributed by atoms with E-state index in [2.05, 4.69) is 9.97 Å². The van der Waals surface area contributed by atoms with Crippen LogP contribution in [0.5, 0.6) is 0 Å². The van der Waals surface area contributed by atoms with E-state index in [1.165, 1.54) is 11.1 Å². The van der Waals surface area contributed by atoms with E-state index < -0.39 is 0 Å². The van der Waals surface area contributed by atoms with E-state index in [0.29, 0.717) is 18.1 Å². The Bertz CT molecular complexity index is 1200. The minimum absolute atomic E-state index is 0. The number of carbonyl (C=O) groups excluding carboxylic acids is 2. The lowest BCUT2D eigenvalue weighted by atomic mass is 9.91. The number of aromatic nitrogens is 4. The Morgan fingerprint density at radius 1 is 0.738 bits per heavy atom. The van der Waals surface area contributed by atoms with Crippen LogP contribution in [0.1, 0.15) is 65.0 Å². The molecule has 0 amide bonds. The number of benzene rings is 2. The number of aliphatic hydroxyl groups excluding tert-OH is 2. The van der Waals surface area contributed by atoms with Crippen LogP contribution < -0.4 is 0 Å². The smallest absolute Gasteiger partial charge is 0.163 e. The molecule has 2 aromatic heterocycles. The highest BCUT2D eigenvalue weighted by Gasteiger charge is 2.15. The zero-order chi connectivity index (χ0) is 29.7. The lowest BCUT2D eigenvalue weighted by molar-refractivity contribution is 0.0964. The number of hydrogen-bond acceptors (Lipinski definition) is 7. The molecule has 0 saturated carbocycles. The molecule has 2 N–H and O–H groups in total. The molecular formula is C33H46N4O5. The third-order valence-electron chi connectivity index (χ3n) is 6.37. The number of carbonyl (C=O) groups is 2. The lowest BCUT2D eigenvalue weighted by Crippen LogP contribution is -2.09. The van der Waals surface area contributed by atoms with Gasteiger partial charge in [-0.2, -0.15) is 0 Å². The number of ketones is 2. The quantitative estimate of drug-likeness (QED) is 0.340. The first kappa shape index (κ1) is 36.1. The Hall–Kier alpha value is -3.92. The standard InChI is InChI=1S/2C10H10O.C6H10N2O.C5H8N2O.CH4O.CH4/c2*11-10-7-3-5-8-4-1-2-6-9(8)10;1-9-5-4-8-3-2-7-6-8;8-4-3-7-2-1-6-5-7;1-2;/h2*1-2,4,6H,3,5,7H2;2-3,6H,4-5H2,1H3;1-2,5,8H,3-4H2;2H,1H3;1H4. The Balaban J connectivity index is 0.000000275. The molecule has 0 fully saturated rings. The highest BCUT2D eigenvalue weighted by molar-refractivity contribution is 5.98. The summed E-state index contributed by atoms with van der Waals surface area (Å²) in [6.07, 6.45) is 16.3. The van der Waals surface area contributed by atoms with Crippen LogP contribution in [0.25, 0.3) is 0 Å². The number of aliphatic hydroxyl groups is 2. The topological polar surface area (TPSA) is 119 Å². The van der Waals surface area contributed by atoms with Crippen molar-refractivity contribution in [3.8, 4) is 0 Å². The number of imidazole rings is 2. The molecule has 6 rings (SSSR count). The lowest BCUT2D eigenvalue weighted by Gasteiger charge is -2.12. The van der Waals surface area contributed by atoms with Gasteiger partial charge in [-0.15, -0.1) is 0 Å². The predicted octanol–water partition coefficient (Wildman–Crippen LogP) is 5.06. The number of fused-ring (bicyclic) bond motifs is 2. The Labute approximate surface area is 249 Å². The first-order valence-electron chi connectivity index (χ1n) is 13.8. The van der Waals surface area contributed by atoms with Gasteiger partial charge in [0.1, 0.15) is 0 Å². The Kier molecular flexibility index (Phi) is 18.7. The fraction of sp³-hybridized carbons (Fsp3) is 0.394. The summed E-state index contributed by atoms with van der Waals surface area (Å²) in [6.45, 7) is 2.45. The van der Waals surface area contributed by atoms with Crippen molar-refractivity contribution in [2.75, 3.05) is 27.4 Å². The number of hydrogen-bond donors (Lipinski definition) is 2. The summed E-state index contributed by atoms with van der Waals surface area (Å²) in [7, 11) is 2.69. The largest absolute Gasteiger partial charge is 0.400 e. The monoisotopic (exact) mass is 578 g/mol. The van der Waals surface area contributed by atoms with Gasteiger partial charge in [-0.1, -0.05) is 56.0 Å². The molecule has 0 aliphatic heterocycles. The van der Waals surface area contributed by atoms with Crippen molar-refractivity contribution >= 4 is 11.6 Å². The molecule has 42 heavy (non-hydrogen) atoms. The molecule has 2 aromatic carbocycles. The van der Waals surface area contributed by atoms with Crippen molar-refractivity contribution in [2.45, 2.75) is 59.0 Å². The Morgan fingerprint density at radius 2 is 1.19 bits per heavy atom. The molecule has 0 spiro atoms. The van der Waals surface area contributed by atoms with E-state index in [1.54, 1.807) is 32.2 Å². The average Bonchev–Trinajstić information content (AvgIpc) is 3.74. The van der Waals surface area contributed by atoms with E-state index >= 15 is 0 Å². The SMILES string of the molecule is C.CO.COCCn1ccnc1.O=C1CCCc2ccccc21.O=C1CCCc2ccccc21.OCCn1ccnc1. The van der Waals surface area contributed by atoms with Gasteiger partial charge in [0.2, 0.25) is 0 Å². The van der Waals surface area contributed by atoms with Crippen LogP contribution in [0.3, 0.4) is 0 Å².